The van der Waals surface area contributed by atoms with Gasteiger partial charge in [0.15, 0.2) is 0 Å². The summed E-state index contributed by atoms with van der Waals surface area (Å²) < 4.78 is 0. The summed E-state index contributed by atoms with van der Waals surface area (Å²) in [7, 11) is 0. The predicted octanol–water partition coefficient (Wildman–Crippen LogP) is 2.60. The number of allylic oxidation sites excluding steroid dienone is 1. The summed E-state index contributed by atoms with van der Waals surface area (Å²) >= 11 is 1.74. The lowest BCUT2D eigenvalue weighted by atomic mass is 10.1. The van der Waals surface area contributed by atoms with Gasteiger partial charge in [0.1, 0.15) is 6.04 Å². The molecule has 0 saturated heterocycles. The molecule has 0 saturated carbocycles. The Morgan fingerprint density at radius 2 is 2.15 bits per heavy atom. The van der Waals surface area contributed by atoms with Crippen LogP contribution in [0.2, 0.25) is 0 Å². The van der Waals surface area contributed by atoms with Gasteiger partial charge in [-0.15, -0.1) is 11.8 Å². The normalized spacial score (nSPS) is 18.8. The SMILES string of the molecule is CCCCCCNC(=O)[C@H](CC1CC=CS1)NC(C)=O. The number of carbonyl (C=O) groups excluding carboxylic acids is 2. The fourth-order valence-corrected chi connectivity index (χ4v) is 3.18. The highest BCUT2D eigenvalue weighted by Crippen LogP contribution is 2.27. The van der Waals surface area contributed by atoms with Gasteiger partial charge >= 0.3 is 0 Å². The quantitative estimate of drug-likeness (QED) is 0.643. The van der Waals surface area contributed by atoms with Crippen molar-refractivity contribution in [2.45, 2.75) is 63.7 Å². The van der Waals surface area contributed by atoms with Crippen LogP contribution in [-0.2, 0) is 9.59 Å². The third-order valence-electron chi connectivity index (χ3n) is 3.29. The first kappa shape index (κ1) is 17.1. The first-order chi connectivity index (χ1) is 9.63. The number of hydrogen-bond donors (Lipinski definition) is 2. The molecule has 0 aromatic rings. The van der Waals surface area contributed by atoms with Crippen molar-refractivity contribution < 1.29 is 9.59 Å². The van der Waals surface area contributed by atoms with E-state index in [1.807, 2.05) is 0 Å². The summed E-state index contributed by atoms with van der Waals surface area (Å²) in [6.07, 6.45) is 8.32. The highest BCUT2D eigenvalue weighted by Gasteiger charge is 2.24. The Labute approximate surface area is 126 Å². The Balaban J connectivity index is 2.32. The third-order valence-corrected chi connectivity index (χ3v) is 4.41. The van der Waals surface area contributed by atoms with Crippen LogP contribution in [0.5, 0.6) is 0 Å². The molecule has 1 aliphatic rings. The van der Waals surface area contributed by atoms with Crippen LogP contribution in [0.1, 0.15) is 52.4 Å². The molecule has 1 heterocycles. The van der Waals surface area contributed by atoms with Gasteiger partial charge in [0.25, 0.3) is 0 Å². The van der Waals surface area contributed by atoms with E-state index in [1.54, 1.807) is 11.8 Å². The second-order valence-electron chi connectivity index (χ2n) is 5.21. The van der Waals surface area contributed by atoms with Crippen molar-refractivity contribution in [1.82, 2.24) is 10.6 Å². The van der Waals surface area contributed by atoms with E-state index in [1.165, 1.54) is 19.8 Å². The van der Waals surface area contributed by atoms with Crippen molar-refractivity contribution in [3.63, 3.8) is 0 Å². The summed E-state index contributed by atoms with van der Waals surface area (Å²) in [5, 5.41) is 8.17. The van der Waals surface area contributed by atoms with Crippen LogP contribution in [0.4, 0.5) is 0 Å². The maximum absolute atomic E-state index is 12.1. The standard InChI is InChI=1S/C15H26N2O2S/c1-3-4-5-6-9-16-15(19)14(17-12(2)18)11-13-8-7-10-20-13/h7,10,13-14H,3-6,8-9,11H2,1-2H3,(H,16,19)(H,17,18)/t13?,14-/m0/s1. The molecule has 2 amide bonds. The fraction of sp³-hybridized carbons (Fsp3) is 0.733. The molecule has 0 spiro atoms. The number of hydrogen-bond acceptors (Lipinski definition) is 3. The highest BCUT2D eigenvalue weighted by molar-refractivity contribution is 8.03. The minimum absolute atomic E-state index is 0.0517. The second-order valence-corrected chi connectivity index (χ2v) is 6.42. The van der Waals surface area contributed by atoms with Crippen molar-refractivity contribution in [3.05, 3.63) is 11.5 Å². The largest absolute Gasteiger partial charge is 0.354 e. The van der Waals surface area contributed by atoms with Gasteiger partial charge in [0.2, 0.25) is 11.8 Å². The average Bonchev–Trinajstić information content (AvgIpc) is 2.90. The lowest BCUT2D eigenvalue weighted by molar-refractivity contribution is -0.128. The molecule has 0 aromatic heterocycles. The Morgan fingerprint density at radius 1 is 1.35 bits per heavy atom. The summed E-state index contributed by atoms with van der Waals surface area (Å²) in [6.45, 7) is 4.32. The molecule has 1 rings (SSSR count). The van der Waals surface area contributed by atoms with E-state index in [-0.39, 0.29) is 11.8 Å². The molecule has 1 aliphatic heterocycles. The Hall–Kier alpha value is -0.970. The van der Waals surface area contributed by atoms with Crippen LogP contribution in [0.15, 0.2) is 11.5 Å². The molecule has 0 aliphatic carbocycles. The molecule has 0 aromatic carbocycles. The maximum atomic E-state index is 12.1. The number of amides is 2. The molecule has 2 N–H and O–H groups in total. The van der Waals surface area contributed by atoms with E-state index in [0.29, 0.717) is 18.2 Å². The first-order valence-electron chi connectivity index (χ1n) is 7.48. The van der Waals surface area contributed by atoms with E-state index in [2.05, 4.69) is 29.0 Å². The van der Waals surface area contributed by atoms with E-state index >= 15 is 0 Å². The van der Waals surface area contributed by atoms with Gasteiger partial charge in [0.05, 0.1) is 0 Å². The number of nitrogens with one attached hydrogen (secondary N) is 2. The highest BCUT2D eigenvalue weighted by atomic mass is 32.2. The lowest BCUT2D eigenvalue weighted by Crippen LogP contribution is -2.47. The molecule has 0 bridgehead atoms. The summed E-state index contributed by atoms with van der Waals surface area (Å²) in [5.41, 5.74) is 0. The van der Waals surface area contributed by atoms with E-state index in [9.17, 15) is 9.59 Å². The average molecular weight is 298 g/mol. The Kier molecular flexibility index (Phi) is 8.42. The zero-order chi connectivity index (χ0) is 14.8. The molecule has 114 valence electrons. The molecule has 0 radical (unpaired) electrons. The van der Waals surface area contributed by atoms with Gasteiger partial charge < -0.3 is 10.6 Å². The molecule has 1 unspecified atom stereocenters. The molecule has 4 nitrogen and oxygen atoms in total. The fourth-order valence-electron chi connectivity index (χ4n) is 2.21. The van der Waals surface area contributed by atoms with Crippen LogP contribution in [0.25, 0.3) is 0 Å². The molecule has 0 fully saturated rings. The van der Waals surface area contributed by atoms with Crippen molar-refractivity contribution in [3.8, 4) is 0 Å². The van der Waals surface area contributed by atoms with Crippen molar-refractivity contribution in [1.29, 1.82) is 0 Å². The summed E-state index contributed by atoms with van der Waals surface area (Å²) in [4.78, 5) is 23.4. The molecule has 20 heavy (non-hydrogen) atoms. The molecule has 2 atom stereocenters. The topological polar surface area (TPSA) is 58.2 Å². The number of unbranched alkanes of at least 4 members (excludes halogenated alkanes) is 3. The Morgan fingerprint density at radius 3 is 2.75 bits per heavy atom. The van der Waals surface area contributed by atoms with Gasteiger partial charge in [0, 0.05) is 18.7 Å². The summed E-state index contributed by atoms with van der Waals surface area (Å²) in [5.74, 6) is -0.198. The molecule has 5 heteroatoms. The third kappa shape index (κ3) is 6.98. The van der Waals surface area contributed by atoms with Crippen molar-refractivity contribution >= 4 is 23.6 Å². The minimum atomic E-state index is -0.406. The minimum Gasteiger partial charge on any atom is -0.354 e. The van der Waals surface area contributed by atoms with Gasteiger partial charge in [-0.2, -0.15) is 0 Å². The zero-order valence-corrected chi connectivity index (χ0v) is 13.3. The van der Waals surface area contributed by atoms with Crippen LogP contribution in [0, 0.1) is 0 Å². The van der Waals surface area contributed by atoms with Crippen LogP contribution in [0.3, 0.4) is 0 Å². The Bertz CT molecular complexity index is 337. The van der Waals surface area contributed by atoms with Crippen LogP contribution in [-0.4, -0.2) is 29.7 Å². The van der Waals surface area contributed by atoms with E-state index in [4.69, 9.17) is 0 Å². The second kappa shape index (κ2) is 9.86. The monoisotopic (exact) mass is 298 g/mol. The van der Waals surface area contributed by atoms with Gasteiger partial charge in [-0.05, 0) is 24.7 Å². The lowest BCUT2D eigenvalue weighted by Gasteiger charge is -2.20. The van der Waals surface area contributed by atoms with Gasteiger partial charge in [-0.25, -0.2) is 0 Å². The molecular weight excluding hydrogens is 272 g/mol. The van der Waals surface area contributed by atoms with Gasteiger partial charge in [-0.1, -0.05) is 32.3 Å². The number of carbonyl (C=O) groups is 2. The van der Waals surface area contributed by atoms with E-state index < -0.39 is 6.04 Å². The maximum Gasteiger partial charge on any atom is 0.242 e. The number of thioether (sulfide) groups is 1. The number of rotatable bonds is 9. The van der Waals surface area contributed by atoms with Crippen LogP contribution < -0.4 is 10.6 Å². The zero-order valence-electron chi connectivity index (χ0n) is 12.5. The van der Waals surface area contributed by atoms with Crippen molar-refractivity contribution in [2.24, 2.45) is 0 Å². The summed E-state index contributed by atoms with van der Waals surface area (Å²) in [6, 6.07) is -0.406. The first-order valence-corrected chi connectivity index (χ1v) is 8.43. The molecular formula is C15H26N2O2S. The smallest absolute Gasteiger partial charge is 0.242 e. The van der Waals surface area contributed by atoms with E-state index in [0.717, 1.165) is 19.3 Å². The predicted molar refractivity (Wildman–Crippen MR) is 84.5 cm³/mol. The van der Waals surface area contributed by atoms with Gasteiger partial charge in [-0.3, -0.25) is 9.59 Å². The van der Waals surface area contributed by atoms with Crippen molar-refractivity contribution in [2.75, 3.05) is 6.54 Å². The van der Waals surface area contributed by atoms with Crippen LogP contribution >= 0.6 is 11.8 Å².